The van der Waals surface area contributed by atoms with Gasteiger partial charge in [-0.1, -0.05) is 18.2 Å². The summed E-state index contributed by atoms with van der Waals surface area (Å²) in [6.07, 6.45) is 0. The zero-order chi connectivity index (χ0) is 18.3. The summed E-state index contributed by atoms with van der Waals surface area (Å²) in [5, 5.41) is 1.93. The molecule has 5 nitrogen and oxygen atoms in total. The molecule has 1 aromatic carbocycles. The highest BCUT2D eigenvalue weighted by molar-refractivity contribution is 7.11. The van der Waals surface area contributed by atoms with E-state index in [4.69, 9.17) is 4.74 Å². The van der Waals surface area contributed by atoms with Gasteiger partial charge in [-0.05, 0) is 42.5 Å². The van der Waals surface area contributed by atoms with Gasteiger partial charge >= 0.3 is 0 Å². The zero-order valence-corrected chi connectivity index (χ0v) is 15.6. The average Bonchev–Trinajstić information content (AvgIpc) is 3.25. The Labute approximate surface area is 156 Å². The Hall–Kier alpha value is -2.44. The highest BCUT2D eigenvalue weighted by Crippen LogP contribution is 2.38. The summed E-state index contributed by atoms with van der Waals surface area (Å²) in [5.41, 5.74) is 3.68. The molecule has 0 bridgehead atoms. The lowest BCUT2D eigenvalue weighted by Crippen LogP contribution is -2.40. The van der Waals surface area contributed by atoms with Crippen LogP contribution in [0.3, 0.4) is 0 Å². The Balaban J connectivity index is 1.84. The third-order valence-electron chi connectivity index (χ3n) is 4.97. The van der Waals surface area contributed by atoms with Crippen molar-refractivity contribution < 1.29 is 14.3 Å². The summed E-state index contributed by atoms with van der Waals surface area (Å²) in [7, 11) is 0. The minimum Gasteiger partial charge on any atom is -0.378 e. The molecule has 1 saturated heterocycles. The molecule has 0 spiro atoms. The maximum Gasteiger partial charge on any atom is 0.282 e. The molecular weight excluding hydrogens is 348 g/mol. The molecule has 3 heterocycles. The Morgan fingerprint density at radius 1 is 1.00 bits per heavy atom. The molecule has 6 heteroatoms. The van der Waals surface area contributed by atoms with E-state index in [1.165, 1.54) is 16.2 Å². The van der Waals surface area contributed by atoms with E-state index >= 15 is 0 Å². The van der Waals surface area contributed by atoms with Crippen LogP contribution in [-0.2, 0) is 14.3 Å². The first kappa shape index (κ1) is 17.0. The first-order chi connectivity index (χ1) is 12.6. The quantitative estimate of drug-likeness (QED) is 0.782. The number of thiophene rings is 1. The number of anilines is 1. The lowest BCUT2D eigenvalue weighted by molar-refractivity contribution is -0.121. The average molecular weight is 368 g/mol. The highest BCUT2D eigenvalue weighted by Gasteiger charge is 2.43. The third-order valence-corrected chi connectivity index (χ3v) is 5.86. The first-order valence-electron chi connectivity index (χ1n) is 8.65. The zero-order valence-electron chi connectivity index (χ0n) is 14.8. The summed E-state index contributed by atoms with van der Waals surface area (Å²) >= 11 is 1.48. The van der Waals surface area contributed by atoms with Gasteiger partial charge in [-0.25, -0.2) is 4.90 Å². The summed E-state index contributed by atoms with van der Waals surface area (Å²) in [6.45, 7) is 6.29. The topological polar surface area (TPSA) is 49.9 Å². The van der Waals surface area contributed by atoms with Gasteiger partial charge in [-0.2, -0.15) is 0 Å². The van der Waals surface area contributed by atoms with Gasteiger partial charge < -0.3 is 9.64 Å². The summed E-state index contributed by atoms with van der Waals surface area (Å²) in [5.74, 6) is -0.485. The number of benzene rings is 1. The number of morpholine rings is 1. The number of carbonyl (C=O) groups is 2. The Morgan fingerprint density at radius 2 is 1.77 bits per heavy atom. The van der Waals surface area contributed by atoms with E-state index < -0.39 is 0 Å². The Bertz CT molecular complexity index is 896. The van der Waals surface area contributed by atoms with Crippen LogP contribution < -0.4 is 4.90 Å². The van der Waals surface area contributed by atoms with Gasteiger partial charge in [-0.15, -0.1) is 11.3 Å². The predicted molar refractivity (Wildman–Crippen MR) is 102 cm³/mol. The highest BCUT2D eigenvalue weighted by atomic mass is 32.1. The molecule has 0 aliphatic carbocycles. The minimum absolute atomic E-state index is 0.242. The number of aryl methyl sites for hydroxylation is 1. The summed E-state index contributed by atoms with van der Waals surface area (Å²) in [6, 6.07) is 9.52. The van der Waals surface area contributed by atoms with Crippen LogP contribution in [0, 0.1) is 13.8 Å². The molecule has 2 aromatic rings. The fourth-order valence-electron chi connectivity index (χ4n) is 3.44. The normalized spacial score (nSPS) is 18.2. The van der Waals surface area contributed by atoms with Crippen molar-refractivity contribution in [1.29, 1.82) is 0 Å². The van der Waals surface area contributed by atoms with Crippen molar-refractivity contribution in [2.24, 2.45) is 0 Å². The van der Waals surface area contributed by atoms with E-state index in [-0.39, 0.29) is 11.8 Å². The van der Waals surface area contributed by atoms with Crippen molar-refractivity contribution in [1.82, 2.24) is 4.90 Å². The van der Waals surface area contributed by atoms with Crippen molar-refractivity contribution in [2.45, 2.75) is 13.8 Å². The maximum atomic E-state index is 13.4. The van der Waals surface area contributed by atoms with Crippen LogP contribution in [0.4, 0.5) is 5.69 Å². The lowest BCUT2D eigenvalue weighted by atomic mass is 10.1. The van der Waals surface area contributed by atoms with Gasteiger partial charge in [0.15, 0.2) is 0 Å². The smallest absolute Gasteiger partial charge is 0.282 e. The van der Waals surface area contributed by atoms with Crippen molar-refractivity contribution >= 4 is 34.4 Å². The number of ether oxygens (including phenoxy) is 1. The van der Waals surface area contributed by atoms with Crippen LogP contribution in [0.5, 0.6) is 0 Å². The molecular formula is C20H20N2O3S. The van der Waals surface area contributed by atoms with Gasteiger partial charge in [0.2, 0.25) is 0 Å². The second-order valence-corrected chi connectivity index (χ2v) is 7.41. The van der Waals surface area contributed by atoms with Crippen LogP contribution in [0.2, 0.25) is 0 Å². The van der Waals surface area contributed by atoms with E-state index in [2.05, 4.69) is 0 Å². The minimum atomic E-state index is -0.243. The summed E-state index contributed by atoms with van der Waals surface area (Å²) in [4.78, 5) is 30.8. The Morgan fingerprint density at radius 3 is 2.46 bits per heavy atom. The second-order valence-electron chi connectivity index (χ2n) is 6.47. The number of hydrogen-bond donors (Lipinski definition) is 0. The number of amides is 2. The van der Waals surface area contributed by atoms with Gasteiger partial charge in [-0.3, -0.25) is 9.59 Å². The van der Waals surface area contributed by atoms with Crippen LogP contribution in [-0.4, -0.2) is 43.0 Å². The second kappa shape index (κ2) is 6.70. The van der Waals surface area contributed by atoms with E-state index in [1.807, 2.05) is 54.5 Å². The van der Waals surface area contributed by atoms with Crippen molar-refractivity contribution in [3.63, 3.8) is 0 Å². The number of carbonyl (C=O) groups excluding carboxylic acids is 2. The standard InChI is InChI=1S/C20H20N2O3S/c1-13-5-3-6-15(14(13)2)22-19(23)17(16-7-4-12-26-16)18(20(22)24)21-8-10-25-11-9-21/h3-7,12H,8-11H2,1-2H3. The molecule has 134 valence electrons. The van der Waals surface area contributed by atoms with Crippen LogP contribution in [0.1, 0.15) is 16.0 Å². The molecule has 2 aliphatic heterocycles. The molecule has 0 radical (unpaired) electrons. The largest absolute Gasteiger partial charge is 0.378 e. The molecule has 0 unspecified atom stereocenters. The monoisotopic (exact) mass is 368 g/mol. The molecule has 0 atom stereocenters. The SMILES string of the molecule is Cc1cccc(N2C(=O)C(c3cccs3)=C(N3CCOCC3)C2=O)c1C. The molecule has 2 amide bonds. The van der Waals surface area contributed by atoms with Gasteiger partial charge in [0.1, 0.15) is 5.70 Å². The van der Waals surface area contributed by atoms with E-state index in [9.17, 15) is 9.59 Å². The molecule has 0 saturated carbocycles. The van der Waals surface area contributed by atoms with Crippen LogP contribution >= 0.6 is 11.3 Å². The Kier molecular flexibility index (Phi) is 4.38. The molecule has 26 heavy (non-hydrogen) atoms. The van der Waals surface area contributed by atoms with Crippen molar-refractivity contribution in [2.75, 3.05) is 31.2 Å². The fourth-order valence-corrected chi connectivity index (χ4v) is 4.20. The van der Waals surface area contributed by atoms with E-state index in [1.54, 1.807) is 0 Å². The van der Waals surface area contributed by atoms with E-state index in [0.29, 0.717) is 43.3 Å². The molecule has 1 aromatic heterocycles. The first-order valence-corrected chi connectivity index (χ1v) is 9.53. The van der Waals surface area contributed by atoms with Crippen molar-refractivity contribution in [3.8, 4) is 0 Å². The molecule has 2 aliphatic rings. The number of rotatable bonds is 3. The predicted octanol–water partition coefficient (Wildman–Crippen LogP) is 2.98. The van der Waals surface area contributed by atoms with Crippen LogP contribution in [0.15, 0.2) is 41.4 Å². The fraction of sp³-hybridized carbons (Fsp3) is 0.300. The summed E-state index contributed by atoms with van der Waals surface area (Å²) < 4.78 is 5.42. The lowest BCUT2D eigenvalue weighted by Gasteiger charge is -2.29. The molecule has 1 fully saturated rings. The van der Waals surface area contributed by atoms with E-state index in [0.717, 1.165) is 16.0 Å². The number of hydrogen-bond acceptors (Lipinski definition) is 5. The maximum absolute atomic E-state index is 13.4. The number of nitrogens with zero attached hydrogens (tertiary/aromatic N) is 2. The van der Waals surface area contributed by atoms with Crippen molar-refractivity contribution in [3.05, 3.63) is 57.4 Å². The van der Waals surface area contributed by atoms with Gasteiger partial charge in [0.05, 0.1) is 24.5 Å². The van der Waals surface area contributed by atoms with Gasteiger partial charge in [0.25, 0.3) is 11.8 Å². The van der Waals surface area contributed by atoms with Gasteiger partial charge in [0, 0.05) is 18.0 Å². The molecule has 0 N–H and O–H groups in total. The third kappa shape index (κ3) is 2.66. The van der Waals surface area contributed by atoms with Crippen LogP contribution in [0.25, 0.3) is 5.57 Å². The molecule has 4 rings (SSSR count). The number of imide groups is 1.